The number of rotatable bonds is 2. The molecule has 2 fully saturated rings. The van der Waals surface area contributed by atoms with Gasteiger partial charge in [-0.15, -0.1) is 0 Å². The van der Waals surface area contributed by atoms with Crippen molar-refractivity contribution in [2.45, 2.75) is 19.0 Å². The Morgan fingerprint density at radius 2 is 1.78 bits per heavy atom. The highest BCUT2D eigenvalue weighted by Crippen LogP contribution is 2.18. The van der Waals surface area contributed by atoms with Crippen molar-refractivity contribution < 1.29 is 4.79 Å². The van der Waals surface area contributed by atoms with Crippen LogP contribution in [0.5, 0.6) is 0 Å². The molecule has 0 bridgehead atoms. The van der Waals surface area contributed by atoms with Gasteiger partial charge in [-0.25, -0.2) is 0 Å². The lowest BCUT2D eigenvalue weighted by Crippen LogP contribution is -2.53. The number of piperazine rings is 1. The Morgan fingerprint density at radius 3 is 2.39 bits per heavy atom. The summed E-state index contributed by atoms with van der Waals surface area (Å²) in [4.78, 5) is 16.0. The van der Waals surface area contributed by atoms with Gasteiger partial charge in [-0.2, -0.15) is 0 Å². The first-order chi connectivity index (χ1) is 8.83. The van der Waals surface area contributed by atoms with Crippen molar-refractivity contribution in [2.24, 2.45) is 0 Å². The number of carbonyl (C=O) groups is 1. The van der Waals surface area contributed by atoms with E-state index < -0.39 is 0 Å². The van der Waals surface area contributed by atoms with Crippen molar-refractivity contribution in [2.75, 3.05) is 31.1 Å². The van der Waals surface area contributed by atoms with Crippen molar-refractivity contribution in [3.8, 4) is 0 Å². The first kappa shape index (κ1) is 11.5. The van der Waals surface area contributed by atoms with Crippen LogP contribution in [-0.2, 0) is 4.79 Å². The molecule has 4 nitrogen and oxygen atoms in total. The average Bonchev–Trinajstić information content (AvgIpc) is 2.87. The second-order valence-electron chi connectivity index (χ2n) is 4.98. The van der Waals surface area contributed by atoms with Crippen LogP contribution in [0, 0.1) is 0 Å². The van der Waals surface area contributed by atoms with Crippen LogP contribution in [0.3, 0.4) is 0 Å². The fourth-order valence-corrected chi connectivity index (χ4v) is 2.80. The van der Waals surface area contributed by atoms with Crippen LogP contribution in [0.25, 0.3) is 0 Å². The zero-order valence-corrected chi connectivity index (χ0v) is 10.5. The van der Waals surface area contributed by atoms with Gasteiger partial charge in [0.05, 0.1) is 6.17 Å². The monoisotopic (exact) mass is 245 g/mol. The number of para-hydroxylation sites is 1. The quantitative estimate of drug-likeness (QED) is 0.846. The fraction of sp³-hybridized carbons (Fsp3) is 0.500. The number of benzene rings is 1. The number of amides is 1. The van der Waals surface area contributed by atoms with Gasteiger partial charge in [0.25, 0.3) is 0 Å². The molecule has 2 saturated heterocycles. The molecule has 0 aliphatic carbocycles. The van der Waals surface area contributed by atoms with Gasteiger partial charge < -0.3 is 10.2 Å². The lowest BCUT2D eigenvalue weighted by molar-refractivity contribution is -0.119. The predicted molar refractivity (Wildman–Crippen MR) is 71.4 cm³/mol. The molecule has 1 unspecified atom stereocenters. The van der Waals surface area contributed by atoms with Crippen molar-refractivity contribution in [3.05, 3.63) is 30.3 Å². The Labute approximate surface area is 108 Å². The van der Waals surface area contributed by atoms with Gasteiger partial charge in [0, 0.05) is 38.3 Å². The Balaban J connectivity index is 1.57. The maximum Gasteiger partial charge on any atom is 0.221 e. The van der Waals surface area contributed by atoms with E-state index >= 15 is 0 Å². The molecule has 0 aromatic heterocycles. The molecule has 3 rings (SSSR count). The second-order valence-corrected chi connectivity index (χ2v) is 4.98. The molecule has 96 valence electrons. The Kier molecular flexibility index (Phi) is 3.19. The van der Waals surface area contributed by atoms with Gasteiger partial charge in [0.2, 0.25) is 5.91 Å². The van der Waals surface area contributed by atoms with Crippen molar-refractivity contribution in [3.63, 3.8) is 0 Å². The summed E-state index contributed by atoms with van der Waals surface area (Å²) < 4.78 is 0. The average molecular weight is 245 g/mol. The summed E-state index contributed by atoms with van der Waals surface area (Å²) in [5.41, 5.74) is 1.30. The third kappa shape index (κ3) is 2.34. The molecule has 0 radical (unpaired) electrons. The smallest absolute Gasteiger partial charge is 0.221 e. The van der Waals surface area contributed by atoms with Crippen molar-refractivity contribution in [1.29, 1.82) is 0 Å². The maximum atomic E-state index is 11.2. The molecule has 1 aromatic carbocycles. The van der Waals surface area contributed by atoms with Crippen LogP contribution in [-0.4, -0.2) is 43.2 Å². The van der Waals surface area contributed by atoms with Gasteiger partial charge in [0.1, 0.15) is 0 Å². The minimum absolute atomic E-state index is 0.200. The van der Waals surface area contributed by atoms with E-state index in [4.69, 9.17) is 0 Å². The molecule has 1 N–H and O–H groups in total. The molecule has 1 amide bonds. The SMILES string of the molecule is O=C1CCC(N2CCN(c3ccccc3)CC2)N1. The third-order valence-electron chi connectivity index (χ3n) is 3.85. The highest BCUT2D eigenvalue weighted by atomic mass is 16.2. The summed E-state index contributed by atoms with van der Waals surface area (Å²) in [5.74, 6) is 0.200. The van der Waals surface area contributed by atoms with Crippen molar-refractivity contribution in [1.82, 2.24) is 10.2 Å². The molecular weight excluding hydrogens is 226 g/mol. The first-order valence-electron chi connectivity index (χ1n) is 6.66. The number of nitrogens with zero attached hydrogens (tertiary/aromatic N) is 2. The third-order valence-corrected chi connectivity index (χ3v) is 3.85. The van der Waals surface area contributed by atoms with Crippen LogP contribution in [0.2, 0.25) is 0 Å². The van der Waals surface area contributed by atoms with Gasteiger partial charge in [-0.3, -0.25) is 9.69 Å². The number of hydrogen-bond donors (Lipinski definition) is 1. The van der Waals surface area contributed by atoms with E-state index in [1.807, 2.05) is 6.07 Å². The largest absolute Gasteiger partial charge is 0.369 e. The zero-order chi connectivity index (χ0) is 12.4. The van der Waals surface area contributed by atoms with E-state index in [9.17, 15) is 4.79 Å². The van der Waals surface area contributed by atoms with Gasteiger partial charge >= 0.3 is 0 Å². The zero-order valence-electron chi connectivity index (χ0n) is 10.5. The molecule has 0 spiro atoms. The predicted octanol–water partition coefficient (Wildman–Crippen LogP) is 1.04. The minimum atomic E-state index is 0.200. The van der Waals surface area contributed by atoms with Crippen LogP contribution in [0.15, 0.2) is 30.3 Å². The van der Waals surface area contributed by atoms with Crippen LogP contribution in [0.4, 0.5) is 5.69 Å². The summed E-state index contributed by atoms with van der Waals surface area (Å²) in [5, 5.41) is 3.05. The Bertz CT molecular complexity index is 412. The van der Waals surface area contributed by atoms with Crippen LogP contribution >= 0.6 is 0 Å². The second kappa shape index (κ2) is 4.98. The van der Waals surface area contributed by atoms with Gasteiger partial charge in [-0.1, -0.05) is 18.2 Å². The molecule has 1 atom stereocenters. The number of carbonyl (C=O) groups excluding carboxylic acids is 1. The highest BCUT2D eigenvalue weighted by molar-refractivity contribution is 5.78. The van der Waals surface area contributed by atoms with Crippen LogP contribution in [0.1, 0.15) is 12.8 Å². The maximum absolute atomic E-state index is 11.2. The van der Waals surface area contributed by atoms with Crippen LogP contribution < -0.4 is 10.2 Å². The molecule has 2 aliphatic heterocycles. The lowest BCUT2D eigenvalue weighted by Gasteiger charge is -2.38. The van der Waals surface area contributed by atoms with E-state index in [1.165, 1.54) is 5.69 Å². The van der Waals surface area contributed by atoms with E-state index in [1.54, 1.807) is 0 Å². The fourth-order valence-electron chi connectivity index (χ4n) is 2.80. The number of nitrogens with one attached hydrogen (secondary N) is 1. The highest BCUT2D eigenvalue weighted by Gasteiger charge is 2.29. The Morgan fingerprint density at radius 1 is 1.06 bits per heavy atom. The van der Waals surface area contributed by atoms with E-state index in [0.29, 0.717) is 6.42 Å². The summed E-state index contributed by atoms with van der Waals surface area (Å²) in [6, 6.07) is 10.5. The van der Waals surface area contributed by atoms with Gasteiger partial charge in [-0.05, 0) is 18.6 Å². The Hall–Kier alpha value is -1.55. The van der Waals surface area contributed by atoms with E-state index in [0.717, 1.165) is 32.6 Å². The van der Waals surface area contributed by atoms with E-state index in [2.05, 4.69) is 39.4 Å². The summed E-state index contributed by atoms with van der Waals surface area (Å²) in [6.45, 7) is 4.13. The molecule has 2 aliphatic rings. The molecule has 0 saturated carbocycles. The molecule has 18 heavy (non-hydrogen) atoms. The summed E-state index contributed by atoms with van der Waals surface area (Å²) in [6.07, 6.45) is 1.92. The lowest BCUT2D eigenvalue weighted by atomic mass is 10.2. The number of hydrogen-bond acceptors (Lipinski definition) is 3. The molecular formula is C14H19N3O. The summed E-state index contributed by atoms with van der Waals surface area (Å²) in [7, 11) is 0. The molecule has 4 heteroatoms. The standard InChI is InChI=1S/C14H19N3O/c18-14-7-6-13(15-14)17-10-8-16(9-11-17)12-4-2-1-3-5-12/h1-5,13H,6-11H2,(H,15,18). The summed E-state index contributed by atoms with van der Waals surface area (Å²) >= 11 is 0. The molecule has 2 heterocycles. The first-order valence-corrected chi connectivity index (χ1v) is 6.66. The molecule has 1 aromatic rings. The van der Waals surface area contributed by atoms with Crippen molar-refractivity contribution >= 4 is 11.6 Å². The van der Waals surface area contributed by atoms with E-state index in [-0.39, 0.29) is 12.1 Å². The minimum Gasteiger partial charge on any atom is -0.369 e. The topological polar surface area (TPSA) is 35.6 Å². The number of anilines is 1. The normalized spacial score (nSPS) is 25.2. The van der Waals surface area contributed by atoms with Gasteiger partial charge in [0.15, 0.2) is 0 Å².